The third kappa shape index (κ3) is 2.21. The van der Waals surface area contributed by atoms with Gasteiger partial charge < -0.3 is 0 Å². The highest BCUT2D eigenvalue weighted by Gasteiger charge is 2.20. The van der Waals surface area contributed by atoms with Crippen LogP contribution in [0.4, 0.5) is 0 Å². The normalized spacial score (nSPS) is 9.40. The van der Waals surface area contributed by atoms with E-state index >= 15 is 0 Å². The van der Waals surface area contributed by atoms with E-state index in [9.17, 15) is 4.79 Å². The van der Waals surface area contributed by atoms with Crippen LogP contribution in [0.5, 0.6) is 0 Å². The van der Waals surface area contributed by atoms with Crippen LogP contribution in [-0.4, -0.2) is 5.78 Å². The molecule has 0 radical (unpaired) electrons. The molecular weight excluding hydrogens is 188 g/mol. The van der Waals surface area contributed by atoms with Crippen molar-refractivity contribution in [2.75, 3.05) is 0 Å². The molecule has 0 spiro atoms. The number of carbonyl (C=O) groups excluding carboxylic acids is 1. The monoisotopic (exact) mass is 198 g/mol. The minimum atomic E-state index is -1.20. The Kier molecular flexibility index (Phi) is 3.21. The standard InChI is InChI=1S/C12H10N2O/c1-8-3-4-9(2)11(5-8)12(15)10(6-13)7-14/h3-5,10H,1-2H3. The van der Waals surface area contributed by atoms with Crippen molar-refractivity contribution < 1.29 is 4.79 Å². The van der Waals surface area contributed by atoms with Gasteiger partial charge in [-0.3, -0.25) is 4.79 Å². The fraction of sp³-hybridized carbons (Fsp3) is 0.250. The average molecular weight is 198 g/mol. The summed E-state index contributed by atoms with van der Waals surface area (Å²) in [6.45, 7) is 3.66. The Balaban J connectivity index is 3.18. The molecule has 74 valence electrons. The number of carbonyl (C=O) groups is 1. The van der Waals surface area contributed by atoms with Crippen LogP contribution in [0.2, 0.25) is 0 Å². The van der Waals surface area contributed by atoms with E-state index in [0.717, 1.165) is 11.1 Å². The fourth-order valence-corrected chi connectivity index (χ4v) is 1.30. The predicted molar refractivity (Wildman–Crippen MR) is 55.0 cm³/mol. The third-order valence-corrected chi connectivity index (χ3v) is 2.18. The van der Waals surface area contributed by atoms with Crippen molar-refractivity contribution in [1.29, 1.82) is 10.5 Å². The zero-order valence-electron chi connectivity index (χ0n) is 8.61. The maximum Gasteiger partial charge on any atom is 0.195 e. The van der Waals surface area contributed by atoms with Gasteiger partial charge in [0.05, 0.1) is 12.1 Å². The summed E-state index contributed by atoms with van der Waals surface area (Å²) >= 11 is 0. The van der Waals surface area contributed by atoms with Crippen LogP contribution in [0.15, 0.2) is 18.2 Å². The summed E-state index contributed by atoms with van der Waals surface area (Å²) < 4.78 is 0. The first-order chi connectivity index (χ1) is 7.10. The highest BCUT2D eigenvalue weighted by Crippen LogP contribution is 2.15. The molecule has 0 N–H and O–H groups in total. The number of Topliss-reactive ketones (excluding diaryl/α,β-unsaturated/α-hetero) is 1. The van der Waals surface area contributed by atoms with Gasteiger partial charge in [-0.2, -0.15) is 10.5 Å². The Morgan fingerprint density at radius 2 is 1.87 bits per heavy atom. The van der Waals surface area contributed by atoms with Gasteiger partial charge >= 0.3 is 0 Å². The Bertz CT molecular complexity index is 463. The molecule has 1 aromatic carbocycles. The van der Waals surface area contributed by atoms with Gasteiger partial charge in [0.25, 0.3) is 0 Å². The summed E-state index contributed by atoms with van der Waals surface area (Å²) in [5.74, 6) is -1.62. The molecule has 1 rings (SSSR count). The molecule has 0 aliphatic rings. The van der Waals surface area contributed by atoms with E-state index in [1.807, 2.05) is 19.1 Å². The van der Waals surface area contributed by atoms with E-state index in [4.69, 9.17) is 10.5 Å². The summed E-state index contributed by atoms with van der Waals surface area (Å²) in [4.78, 5) is 11.7. The summed E-state index contributed by atoms with van der Waals surface area (Å²) in [5, 5.41) is 17.2. The number of benzene rings is 1. The number of aryl methyl sites for hydroxylation is 2. The molecule has 3 nitrogen and oxygen atoms in total. The van der Waals surface area contributed by atoms with Crippen LogP contribution in [-0.2, 0) is 0 Å². The van der Waals surface area contributed by atoms with Gasteiger partial charge in [-0.15, -0.1) is 0 Å². The van der Waals surface area contributed by atoms with E-state index in [-0.39, 0.29) is 0 Å². The van der Waals surface area contributed by atoms with Crippen LogP contribution >= 0.6 is 0 Å². The number of hydrogen-bond donors (Lipinski definition) is 0. The molecule has 0 aromatic heterocycles. The van der Waals surface area contributed by atoms with Crippen molar-refractivity contribution in [3.8, 4) is 12.1 Å². The van der Waals surface area contributed by atoms with Gasteiger partial charge in [0.2, 0.25) is 0 Å². The van der Waals surface area contributed by atoms with Gasteiger partial charge in [0.15, 0.2) is 11.7 Å². The van der Waals surface area contributed by atoms with Crippen LogP contribution in [0.25, 0.3) is 0 Å². The minimum Gasteiger partial charge on any atom is -0.291 e. The molecule has 0 aliphatic carbocycles. The average Bonchev–Trinajstić information content (AvgIpc) is 2.23. The first-order valence-electron chi connectivity index (χ1n) is 4.51. The maximum atomic E-state index is 11.7. The van der Waals surface area contributed by atoms with Crippen molar-refractivity contribution in [3.05, 3.63) is 34.9 Å². The van der Waals surface area contributed by atoms with Gasteiger partial charge in [-0.05, 0) is 25.5 Å². The minimum absolute atomic E-state index is 0.416. The topological polar surface area (TPSA) is 64.7 Å². The molecule has 1 aromatic rings. The zero-order chi connectivity index (χ0) is 11.4. The molecule has 0 saturated heterocycles. The lowest BCUT2D eigenvalue weighted by Crippen LogP contribution is -2.12. The van der Waals surface area contributed by atoms with E-state index in [1.54, 1.807) is 25.1 Å². The number of rotatable bonds is 2. The molecule has 0 heterocycles. The van der Waals surface area contributed by atoms with Crippen molar-refractivity contribution in [2.45, 2.75) is 13.8 Å². The van der Waals surface area contributed by atoms with Crippen LogP contribution in [0.1, 0.15) is 21.5 Å². The van der Waals surface area contributed by atoms with E-state index < -0.39 is 11.7 Å². The molecule has 0 atom stereocenters. The van der Waals surface area contributed by atoms with Crippen molar-refractivity contribution in [3.63, 3.8) is 0 Å². The lowest BCUT2D eigenvalue weighted by Gasteiger charge is -2.05. The number of hydrogen-bond acceptors (Lipinski definition) is 3. The Morgan fingerprint density at radius 1 is 1.27 bits per heavy atom. The summed E-state index contributed by atoms with van der Waals surface area (Å²) in [7, 11) is 0. The third-order valence-electron chi connectivity index (χ3n) is 2.18. The number of nitriles is 2. The maximum absolute atomic E-state index is 11.7. The van der Waals surface area contributed by atoms with E-state index in [1.165, 1.54) is 0 Å². The first-order valence-corrected chi connectivity index (χ1v) is 4.51. The van der Waals surface area contributed by atoms with E-state index in [0.29, 0.717) is 5.56 Å². The lowest BCUT2D eigenvalue weighted by molar-refractivity contribution is 0.0970. The molecule has 0 saturated carbocycles. The van der Waals surface area contributed by atoms with Crippen LogP contribution in [0, 0.1) is 42.4 Å². The predicted octanol–water partition coefficient (Wildman–Crippen LogP) is 2.15. The van der Waals surface area contributed by atoms with Gasteiger partial charge in [-0.25, -0.2) is 0 Å². The second-order valence-corrected chi connectivity index (χ2v) is 3.37. The smallest absolute Gasteiger partial charge is 0.195 e. The summed E-state index contributed by atoms with van der Waals surface area (Å²) in [6, 6.07) is 8.78. The quantitative estimate of drug-likeness (QED) is 0.684. The van der Waals surface area contributed by atoms with Crippen LogP contribution in [0.3, 0.4) is 0 Å². The van der Waals surface area contributed by atoms with Crippen molar-refractivity contribution in [2.24, 2.45) is 5.92 Å². The van der Waals surface area contributed by atoms with E-state index in [2.05, 4.69) is 0 Å². The van der Waals surface area contributed by atoms with Crippen molar-refractivity contribution >= 4 is 5.78 Å². The number of nitrogens with zero attached hydrogens (tertiary/aromatic N) is 2. The molecule has 0 unspecified atom stereocenters. The molecule has 0 fully saturated rings. The Labute approximate surface area is 88.6 Å². The Hall–Kier alpha value is -2.13. The second-order valence-electron chi connectivity index (χ2n) is 3.37. The van der Waals surface area contributed by atoms with Crippen LogP contribution < -0.4 is 0 Å². The molecular formula is C12H10N2O. The van der Waals surface area contributed by atoms with Crippen molar-refractivity contribution in [1.82, 2.24) is 0 Å². The largest absolute Gasteiger partial charge is 0.291 e. The lowest BCUT2D eigenvalue weighted by atomic mass is 9.95. The molecule has 0 aliphatic heterocycles. The molecule has 0 bridgehead atoms. The SMILES string of the molecule is Cc1ccc(C)c(C(=O)C(C#N)C#N)c1. The highest BCUT2D eigenvalue weighted by molar-refractivity contribution is 6.02. The van der Waals surface area contributed by atoms with Gasteiger partial charge in [-0.1, -0.05) is 17.7 Å². The summed E-state index contributed by atoms with van der Waals surface area (Å²) in [6.07, 6.45) is 0. The molecule has 15 heavy (non-hydrogen) atoms. The molecule has 0 amide bonds. The second kappa shape index (κ2) is 4.39. The first kappa shape index (κ1) is 10.9. The molecule has 3 heteroatoms. The summed E-state index contributed by atoms with van der Waals surface area (Å²) in [5.41, 5.74) is 2.20. The van der Waals surface area contributed by atoms with Gasteiger partial charge in [0.1, 0.15) is 0 Å². The highest BCUT2D eigenvalue weighted by atomic mass is 16.1. The van der Waals surface area contributed by atoms with Gasteiger partial charge in [0, 0.05) is 5.56 Å². The Morgan fingerprint density at radius 3 is 2.40 bits per heavy atom. The zero-order valence-corrected chi connectivity index (χ0v) is 8.61. The fourth-order valence-electron chi connectivity index (χ4n) is 1.30. The number of ketones is 1.